The molecule has 0 saturated carbocycles. The summed E-state index contributed by atoms with van der Waals surface area (Å²) >= 11 is 1.16. The second-order valence-electron chi connectivity index (χ2n) is 9.35. The summed E-state index contributed by atoms with van der Waals surface area (Å²) in [6, 6.07) is 10.7. The largest absolute Gasteiger partial charge is 0.487 e. The highest BCUT2D eigenvalue weighted by atomic mass is 32.2. The number of carbonyl (C=O) groups excluding carboxylic acids is 1. The number of halogens is 2. The monoisotopic (exact) mass is 621 g/mol. The standard InChI is InChI=1S/C27H25F2N3O6S3/c1-15-5-20(11-21(6-15)32-41(4,36)37)31-27(33)25-12-23(16(2)39-25)26-24(10-19(29)13-30-26)38-14-17-7-18(28)9-22(8-17)40(3,34)35/h5-13,32H,14H2,1-4H3,(H,31,33). The van der Waals surface area contributed by atoms with Crippen molar-refractivity contribution in [3.05, 3.63) is 87.2 Å². The molecule has 4 rings (SSSR count). The minimum absolute atomic E-state index is 0.0122. The Morgan fingerprint density at radius 2 is 1.63 bits per heavy atom. The van der Waals surface area contributed by atoms with Crippen molar-refractivity contribution in [2.24, 2.45) is 0 Å². The number of amides is 1. The number of ether oxygens (including phenoxy) is 1. The number of nitrogens with one attached hydrogen (secondary N) is 2. The van der Waals surface area contributed by atoms with E-state index < -0.39 is 37.4 Å². The Hall–Kier alpha value is -3.88. The molecule has 2 heterocycles. The summed E-state index contributed by atoms with van der Waals surface area (Å²) < 4.78 is 83.3. The van der Waals surface area contributed by atoms with Crippen molar-refractivity contribution >= 4 is 48.5 Å². The topological polar surface area (TPSA) is 132 Å². The molecule has 2 N–H and O–H groups in total. The second-order valence-corrected chi connectivity index (χ2v) is 14.4. The Morgan fingerprint density at radius 1 is 0.927 bits per heavy atom. The zero-order valence-corrected chi connectivity index (χ0v) is 24.7. The molecule has 0 bridgehead atoms. The first kappa shape index (κ1) is 30.1. The number of carbonyl (C=O) groups is 1. The zero-order valence-electron chi connectivity index (χ0n) is 22.3. The van der Waals surface area contributed by atoms with Gasteiger partial charge in [-0.2, -0.15) is 0 Å². The van der Waals surface area contributed by atoms with Crippen LogP contribution >= 0.6 is 11.3 Å². The summed E-state index contributed by atoms with van der Waals surface area (Å²) in [5.41, 5.74) is 2.33. The van der Waals surface area contributed by atoms with Gasteiger partial charge in [-0.3, -0.25) is 9.52 Å². The molecule has 1 amide bonds. The first-order valence-electron chi connectivity index (χ1n) is 11.9. The molecule has 0 spiro atoms. The number of rotatable bonds is 9. The Labute approximate surface area is 240 Å². The van der Waals surface area contributed by atoms with Crippen molar-refractivity contribution in [2.45, 2.75) is 25.3 Å². The highest BCUT2D eigenvalue weighted by Crippen LogP contribution is 2.36. The molecule has 216 valence electrons. The summed E-state index contributed by atoms with van der Waals surface area (Å²) in [7, 11) is -7.19. The van der Waals surface area contributed by atoms with Gasteiger partial charge in [0.2, 0.25) is 10.0 Å². The van der Waals surface area contributed by atoms with Gasteiger partial charge in [0.1, 0.15) is 29.7 Å². The Kier molecular flexibility index (Phi) is 8.47. The van der Waals surface area contributed by atoms with E-state index in [1.807, 2.05) is 0 Å². The van der Waals surface area contributed by atoms with Gasteiger partial charge in [0.25, 0.3) is 5.91 Å². The van der Waals surface area contributed by atoms with Gasteiger partial charge in [-0.05, 0) is 67.4 Å². The Balaban J connectivity index is 1.60. The molecular formula is C27H25F2N3O6S3. The fourth-order valence-electron chi connectivity index (χ4n) is 3.96. The van der Waals surface area contributed by atoms with E-state index in [-0.39, 0.29) is 28.5 Å². The number of hydrogen-bond donors (Lipinski definition) is 2. The summed E-state index contributed by atoms with van der Waals surface area (Å²) in [5.74, 6) is -1.90. The highest BCUT2D eigenvalue weighted by molar-refractivity contribution is 7.92. The van der Waals surface area contributed by atoms with Crippen molar-refractivity contribution in [3.63, 3.8) is 0 Å². The first-order valence-corrected chi connectivity index (χ1v) is 16.5. The van der Waals surface area contributed by atoms with Crippen molar-refractivity contribution < 1.29 is 35.1 Å². The number of sulfone groups is 1. The molecule has 0 unspecified atom stereocenters. The molecule has 0 radical (unpaired) electrons. The molecule has 0 aliphatic heterocycles. The molecule has 4 aromatic rings. The van der Waals surface area contributed by atoms with Crippen molar-refractivity contribution in [1.82, 2.24) is 4.98 Å². The van der Waals surface area contributed by atoms with Crippen LogP contribution in [0.5, 0.6) is 5.75 Å². The van der Waals surface area contributed by atoms with Gasteiger partial charge >= 0.3 is 0 Å². The SMILES string of the molecule is Cc1cc(NC(=O)c2cc(-c3ncc(F)cc3OCc3cc(F)cc(S(C)(=O)=O)c3)c(C)s2)cc(NS(C)(=O)=O)c1. The quantitative estimate of drug-likeness (QED) is 0.259. The van der Waals surface area contributed by atoms with Gasteiger partial charge in [-0.1, -0.05) is 0 Å². The van der Waals surface area contributed by atoms with E-state index in [0.717, 1.165) is 53.8 Å². The van der Waals surface area contributed by atoms with Crippen molar-refractivity contribution in [3.8, 4) is 17.0 Å². The molecule has 14 heteroatoms. The number of pyridine rings is 1. The predicted molar refractivity (Wildman–Crippen MR) is 154 cm³/mol. The number of nitrogens with zero attached hydrogens (tertiary/aromatic N) is 1. The minimum atomic E-state index is -3.67. The molecule has 0 aliphatic carbocycles. The van der Waals surface area contributed by atoms with E-state index in [0.29, 0.717) is 26.7 Å². The Morgan fingerprint density at radius 3 is 2.32 bits per heavy atom. The second kappa shape index (κ2) is 11.5. The number of aromatic nitrogens is 1. The number of hydrogen-bond acceptors (Lipinski definition) is 8. The van der Waals surface area contributed by atoms with Gasteiger partial charge < -0.3 is 10.1 Å². The van der Waals surface area contributed by atoms with Crippen molar-refractivity contribution in [1.29, 1.82) is 0 Å². The summed E-state index contributed by atoms with van der Waals surface area (Å²) in [5, 5.41) is 2.75. The average molecular weight is 622 g/mol. The zero-order chi connectivity index (χ0) is 30.1. The number of benzene rings is 2. The predicted octanol–water partition coefficient (Wildman–Crippen LogP) is 5.31. The van der Waals surface area contributed by atoms with E-state index in [1.165, 1.54) is 12.1 Å². The van der Waals surface area contributed by atoms with Gasteiger partial charge in [-0.25, -0.2) is 30.6 Å². The third-order valence-electron chi connectivity index (χ3n) is 5.61. The average Bonchev–Trinajstić information content (AvgIpc) is 3.22. The lowest BCUT2D eigenvalue weighted by Crippen LogP contribution is -2.12. The summed E-state index contributed by atoms with van der Waals surface area (Å²) in [6.45, 7) is 3.23. The molecule has 0 saturated heterocycles. The fourth-order valence-corrected chi connectivity index (χ4v) is 6.12. The van der Waals surface area contributed by atoms with Gasteiger partial charge in [0, 0.05) is 28.5 Å². The third kappa shape index (κ3) is 7.86. The minimum Gasteiger partial charge on any atom is -0.487 e. The van der Waals surface area contributed by atoms with E-state index in [2.05, 4.69) is 15.0 Å². The number of aryl methyl sites for hydroxylation is 2. The van der Waals surface area contributed by atoms with Gasteiger partial charge in [0.05, 0.1) is 27.9 Å². The first-order chi connectivity index (χ1) is 19.1. The lowest BCUT2D eigenvalue weighted by molar-refractivity contribution is 0.103. The number of thiophene rings is 1. The van der Waals surface area contributed by atoms with Crippen LogP contribution < -0.4 is 14.8 Å². The Bertz CT molecular complexity index is 1870. The van der Waals surface area contributed by atoms with Crippen LogP contribution in [-0.2, 0) is 26.5 Å². The number of sulfonamides is 1. The highest BCUT2D eigenvalue weighted by Gasteiger charge is 2.20. The van der Waals surface area contributed by atoms with Crippen LogP contribution in [0.4, 0.5) is 20.2 Å². The molecule has 2 aromatic heterocycles. The van der Waals surface area contributed by atoms with Crippen molar-refractivity contribution in [2.75, 3.05) is 22.6 Å². The van der Waals surface area contributed by atoms with E-state index >= 15 is 0 Å². The van der Waals surface area contributed by atoms with Crippen LogP contribution in [0, 0.1) is 25.5 Å². The smallest absolute Gasteiger partial charge is 0.265 e. The molecule has 0 fully saturated rings. The van der Waals surface area contributed by atoms with Crippen LogP contribution in [0.15, 0.2) is 59.6 Å². The number of anilines is 2. The summed E-state index contributed by atoms with van der Waals surface area (Å²) in [6.07, 6.45) is 2.97. The van der Waals surface area contributed by atoms with Gasteiger partial charge in [0.15, 0.2) is 9.84 Å². The van der Waals surface area contributed by atoms with E-state index in [4.69, 9.17) is 4.74 Å². The molecular weight excluding hydrogens is 597 g/mol. The maximum Gasteiger partial charge on any atom is 0.265 e. The molecule has 0 atom stereocenters. The van der Waals surface area contributed by atoms with E-state index in [1.54, 1.807) is 32.0 Å². The third-order valence-corrected chi connectivity index (χ3v) is 8.36. The molecule has 41 heavy (non-hydrogen) atoms. The lowest BCUT2D eigenvalue weighted by atomic mass is 10.1. The summed E-state index contributed by atoms with van der Waals surface area (Å²) in [4.78, 5) is 18.0. The van der Waals surface area contributed by atoms with Crippen LogP contribution in [0.1, 0.15) is 25.7 Å². The van der Waals surface area contributed by atoms with Crippen LogP contribution in [0.2, 0.25) is 0 Å². The lowest BCUT2D eigenvalue weighted by Gasteiger charge is -2.12. The maximum absolute atomic E-state index is 14.1. The molecule has 0 aliphatic rings. The van der Waals surface area contributed by atoms with Crippen LogP contribution in [-0.4, -0.2) is 40.2 Å². The maximum atomic E-state index is 14.1. The van der Waals surface area contributed by atoms with Crippen LogP contribution in [0.25, 0.3) is 11.3 Å². The van der Waals surface area contributed by atoms with Crippen LogP contribution in [0.3, 0.4) is 0 Å². The normalized spacial score (nSPS) is 11.8. The molecule has 9 nitrogen and oxygen atoms in total. The molecule has 2 aromatic carbocycles. The fraction of sp³-hybridized carbons (Fsp3) is 0.185. The van der Waals surface area contributed by atoms with Gasteiger partial charge in [-0.15, -0.1) is 11.3 Å². The van der Waals surface area contributed by atoms with E-state index in [9.17, 15) is 30.4 Å².